The van der Waals surface area contributed by atoms with Gasteiger partial charge in [-0.15, -0.1) is 0 Å². The molecule has 3 aromatic carbocycles. The first kappa shape index (κ1) is 17.2. The lowest BCUT2D eigenvalue weighted by atomic mass is 10.1. The van der Waals surface area contributed by atoms with Crippen molar-refractivity contribution < 1.29 is 14.3 Å². The summed E-state index contributed by atoms with van der Waals surface area (Å²) in [4.78, 5) is 12.4. The second kappa shape index (κ2) is 7.99. The number of hydrogen-bond donors (Lipinski definition) is 0. The van der Waals surface area contributed by atoms with Crippen molar-refractivity contribution in [3.05, 3.63) is 82.8 Å². The van der Waals surface area contributed by atoms with Crippen LogP contribution in [0.2, 0.25) is 0 Å². The lowest BCUT2D eigenvalue weighted by Crippen LogP contribution is -2.09. The summed E-state index contributed by atoms with van der Waals surface area (Å²) in [6.45, 7) is 2.45. The van der Waals surface area contributed by atoms with Gasteiger partial charge in [-0.05, 0) is 64.3 Å². The molecular formula is C21H17BrO3. The Morgan fingerprint density at radius 3 is 2.44 bits per heavy atom. The average molecular weight is 397 g/mol. The molecule has 0 spiro atoms. The zero-order chi connectivity index (χ0) is 17.6. The third kappa shape index (κ3) is 4.28. The molecule has 0 aliphatic rings. The van der Waals surface area contributed by atoms with Gasteiger partial charge in [-0.3, -0.25) is 0 Å². The summed E-state index contributed by atoms with van der Waals surface area (Å²) in [5.74, 6) is 0.705. The smallest absolute Gasteiger partial charge is 0.343 e. The fourth-order valence-electron chi connectivity index (χ4n) is 2.43. The maximum Gasteiger partial charge on any atom is 0.343 e. The first-order valence-electron chi connectivity index (χ1n) is 7.97. The van der Waals surface area contributed by atoms with Crippen LogP contribution < -0.4 is 9.47 Å². The molecule has 0 fully saturated rings. The Bertz CT molecular complexity index is 875. The van der Waals surface area contributed by atoms with Gasteiger partial charge in [0.05, 0.1) is 16.6 Å². The van der Waals surface area contributed by atoms with E-state index in [0.717, 1.165) is 15.6 Å². The summed E-state index contributed by atoms with van der Waals surface area (Å²) in [6.07, 6.45) is 0. The van der Waals surface area contributed by atoms with Gasteiger partial charge < -0.3 is 9.47 Å². The molecule has 3 aromatic rings. The highest BCUT2D eigenvalue weighted by Crippen LogP contribution is 2.31. The third-order valence-electron chi connectivity index (χ3n) is 3.62. The molecule has 0 N–H and O–H groups in total. The van der Waals surface area contributed by atoms with E-state index >= 15 is 0 Å². The summed E-state index contributed by atoms with van der Waals surface area (Å²) in [5, 5.41) is 0. The van der Waals surface area contributed by atoms with E-state index in [1.807, 2.05) is 55.5 Å². The zero-order valence-corrected chi connectivity index (χ0v) is 15.3. The van der Waals surface area contributed by atoms with Gasteiger partial charge in [0.1, 0.15) is 11.5 Å². The maximum atomic E-state index is 12.4. The molecule has 126 valence electrons. The van der Waals surface area contributed by atoms with Crippen LogP contribution in [0.25, 0.3) is 11.1 Å². The van der Waals surface area contributed by atoms with Gasteiger partial charge in [0, 0.05) is 0 Å². The lowest BCUT2D eigenvalue weighted by molar-refractivity contribution is 0.0733. The predicted octanol–water partition coefficient (Wildman–Crippen LogP) is 5.73. The molecule has 3 rings (SSSR count). The van der Waals surface area contributed by atoms with Crippen LogP contribution in [0.15, 0.2) is 77.3 Å². The molecule has 0 saturated heterocycles. The topological polar surface area (TPSA) is 35.5 Å². The zero-order valence-electron chi connectivity index (χ0n) is 13.7. The molecule has 3 nitrogen and oxygen atoms in total. The van der Waals surface area contributed by atoms with Crippen molar-refractivity contribution in [2.24, 2.45) is 0 Å². The highest BCUT2D eigenvalue weighted by atomic mass is 79.9. The molecule has 0 unspecified atom stereocenters. The van der Waals surface area contributed by atoms with Crippen molar-refractivity contribution in [1.82, 2.24) is 0 Å². The van der Waals surface area contributed by atoms with Crippen LogP contribution in [0.4, 0.5) is 0 Å². The Hall–Kier alpha value is -2.59. The fourth-order valence-corrected chi connectivity index (χ4v) is 2.89. The molecule has 0 aliphatic heterocycles. The van der Waals surface area contributed by atoms with Crippen molar-refractivity contribution in [3.8, 4) is 22.6 Å². The molecule has 4 heteroatoms. The van der Waals surface area contributed by atoms with Crippen molar-refractivity contribution in [2.75, 3.05) is 6.61 Å². The summed E-state index contributed by atoms with van der Waals surface area (Å²) in [5.41, 5.74) is 2.60. The Labute approximate surface area is 155 Å². The second-order valence-electron chi connectivity index (χ2n) is 5.36. The number of carbonyl (C=O) groups is 1. The summed E-state index contributed by atoms with van der Waals surface area (Å²) in [6, 6.07) is 22.6. The fraction of sp³-hybridized carbons (Fsp3) is 0.0952. The molecule has 0 bridgehead atoms. The van der Waals surface area contributed by atoms with Crippen LogP contribution in [-0.4, -0.2) is 12.6 Å². The minimum atomic E-state index is -0.422. The third-order valence-corrected chi connectivity index (χ3v) is 4.24. The number of rotatable bonds is 5. The van der Waals surface area contributed by atoms with Crippen LogP contribution in [0.1, 0.15) is 17.3 Å². The molecular weight excluding hydrogens is 380 g/mol. The number of benzene rings is 3. The Morgan fingerprint density at radius 2 is 1.72 bits per heavy atom. The number of esters is 1. The van der Waals surface area contributed by atoms with E-state index in [0.29, 0.717) is 23.7 Å². The summed E-state index contributed by atoms with van der Waals surface area (Å²) < 4.78 is 11.7. The van der Waals surface area contributed by atoms with E-state index in [-0.39, 0.29) is 0 Å². The SMILES string of the molecule is CCOc1cccc(C(=O)Oc2ccc(-c3ccccc3)cc2Br)c1. The Morgan fingerprint density at radius 1 is 0.920 bits per heavy atom. The van der Waals surface area contributed by atoms with Crippen molar-refractivity contribution in [1.29, 1.82) is 0 Å². The van der Waals surface area contributed by atoms with Gasteiger partial charge in [0.15, 0.2) is 0 Å². The van der Waals surface area contributed by atoms with E-state index in [4.69, 9.17) is 9.47 Å². The van der Waals surface area contributed by atoms with Gasteiger partial charge in [-0.25, -0.2) is 4.79 Å². The number of carbonyl (C=O) groups excluding carboxylic acids is 1. The largest absolute Gasteiger partial charge is 0.494 e. The van der Waals surface area contributed by atoms with Gasteiger partial charge in [-0.1, -0.05) is 42.5 Å². The van der Waals surface area contributed by atoms with Crippen molar-refractivity contribution in [2.45, 2.75) is 6.92 Å². The molecule has 0 heterocycles. The van der Waals surface area contributed by atoms with E-state index in [1.54, 1.807) is 24.3 Å². The number of ether oxygens (including phenoxy) is 2. The Kier molecular flexibility index (Phi) is 5.51. The van der Waals surface area contributed by atoms with Crippen LogP contribution >= 0.6 is 15.9 Å². The lowest BCUT2D eigenvalue weighted by Gasteiger charge is -2.10. The maximum absolute atomic E-state index is 12.4. The van der Waals surface area contributed by atoms with E-state index < -0.39 is 5.97 Å². The summed E-state index contributed by atoms with van der Waals surface area (Å²) >= 11 is 3.48. The van der Waals surface area contributed by atoms with Crippen LogP contribution in [0.5, 0.6) is 11.5 Å². The van der Waals surface area contributed by atoms with Crippen molar-refractivity contribution >= 4 is 21.9 Å². The minimum Gasteiger partial charge on any atom is -0.494 e. The van der Waals surface area contributed by atoms with Gasteiger partial charge in [0.25, 0.3) is 0 Å². The highest BCUT2D eigenvalue weighted by molar-refractivity contribution is 9.10. The van der Waals surface area contributed by atoms with Crippen molar-refractivity contribution in [3.63, 3.8) is 0 Å². The van der Waals surface area contributed by atoms with Crippen LogP contribution in [0.3, 0.4) is 0 Å². The summed E-state index contributed by atoms with van der Waals surface area (Å²) in [7, 11) is 0. The van der Waals surface area contributed by atoms with Gasteiger partial charge in [0.2, 0.25) is 0 Å². The van der Waals surface area contributed by atoms with E-state index in [2.05, 4.69) is 15.9 Å². The van der Waals surface area contributed by atoms with Crippen LogP contribution in [-0.2, 0) is 0 Å². The average Bonchev–Trinajstić information content (AvgIpc) is 2.64. The quantitative estimate of drug-likeness (QED) is 0.407. The monoisotopic (exact) mass is 396 g/mol. The minimum absolute atomic E-state index is 0.422. The van der Waals surface area contributed by atoms with E-state index in [9.17, 15) is 4.79 Å². The van der Waals surface area contributed by atoms with Gasteiger partial charge >= 0.3 is 5.97 Å². The molecule has 0 atom stereocenters. The molecule has 0 aromatic heterocycles. The molecule has 25 heavy (non-hydrogen) atoms. The Balaban J connectivity index is 1.79. The molecule has 0 amide bonds. The predicted molar refractivity (Wildman–Crippen MR) is 102 cm³/mol. The normalized spacial score (nSPS) is 10.3. The number of hydrogen-bond acceptors (Lipinski definition) is 3. The first-order chi connectivity index (χ1) is 12.2. The molecule has 0 aliphatic carbocycles. The highest BCUT2D eigenvalue weighted by Gasteiger charge is 2.12. The second-order valence-corrected chi connectivity index (χ2v) is 6.22. The molecule has 0 saturated carbocycles. The first-order valence-corrected chi connectivity index (χ1v) is 8.76. The standard InChI is InChI=1S/C21H17BrO3/c1-2-24-18-10-6-9-17(13-18)21(23)25-20-12-11-16(14-19(20)22)15-7-4-3-5-8-15/h3-14H,2H2,1H3. The number of halogens is 1. The van der Waals surface area contributed by atoms with Crippen LogP contribution in [0, 0.1) is 0 Å². The van der Waals surface area contributed by atoms with E-state index in [1.165, 1.54) is 0 Å². The van der Waals surface area contributed by atoms with Gasteiger partial charge in [-0.2, -0.15) is 0 Å². The molecule has 0 radical (unpaired) electrons.